The van der Waals surface area contributed by atoms with Crippen LogP contribution in [0.25, 0.3) is 0 Å². The summed E-state index contributed by atoms with van der Waals surface area (Å²) in [5, 5.41) is 3.05. The molecule has 1 aliphatic rings. The molecule has 5 nitrogen and oxygen atoms in total. The molecule has 1 atom stereocenters. The third kappa shape index (κ3) is 3.45. The van der Waals surface area contributed by atoms with E-state index < -0.39 is 0 Å². The van der Waals surface area contributed by atoms with Crippen molar-refractivity contribution in [2.75, 3.05) is 6.54 Å². The van der Waals surface area contributed by atoms with Crippen LogP contribution >= 0.6 is 0 Å². The van der Waals surface area contributed by atoms with Gasteiger partial charge >= 0.3 is 0 Å². The lowest BCUT2D eigenvalue weighted by molar-refractivity contribution is -0.124. The number of hydrogen-bond donors (Lipinski definition) is 1. The third-order valence-electron chi connectivity index (χ3n) is 4.20. The Kier molecular flexibility index (Phi) is 4.48. The van der Waals surface area contributed by atoms with Crippen LogP contribution < -0.4 is 5.32 Å². The Morgan fingerprint density at radius 1 is 1.35 bits per heavy atom. The van der Waals surface area contributed by atoms with Crippen molar-refractivity contribution in [1.82, 2.24) is 19.8 Å². The van der Waals surface area contributed by atoms with Gasteiger partial charge in [0.1, 0.15) is 0 Å². The molecule has 2 aromatic rings. The van der Waals surface area contributed by atoms with E-state index in [9.17, 15) is 4.79 Å². The maximum Gasteiger partial charge on any atom is 0.230 e. The van der Waals surface area contributed by atoms with Gasteiger partial charge in [0.05, 0.1) is 23.6 Å². The second-order valence-electron chi connectivity index (χ2n) is 6.56. The summed E-state index contributed by atoms with van der Waals surface area (Å²) in [4.78, 5) is 19.4. The molecule has 1 aromatic carbocycles. The van der Waals surface area contributed by atoms with Crippen LogP contribution in [0.4, 0.5) is 0 Å². The summed E-state index contributed by atoms with van der Waals surface area (Å²) >= 11 is 0. The van der Waals surface area contributed by atoms with Gasteiger partial charge in [0.25, 0.3) is 0 Å². The molecular formula is C18H24N4O. The minimum absolute atomic E-state index is 0.0858. The number of carbonyl (C=O) groups is 1. The van der Waals surface area contributed by atoms with Crippen LogP contribution in [-0.2, 0) is 24.9 Å². The largest absolute Gasteiger partial charge is 0.353 e. The van der Waals surface area contributed by atoms with E-state index in [0.717, 1.165) is 31.0 Å². The van der Waals surface area contributed by atoms with Crippen molar-refractivity contribution >= 4 is 5.91 Å². The highest BCUT2D eigenvalue weighted by Crippen LogP contribution is 2.28. The quantitative estimate of drug-likeness (QED) is 0.940. The number of amides is 1. The van der Waals surface area contributed by atoms with E-state index in [1.54, 1.807) is 0 Å². The normalized spacial score (nSPS) is 18.0. The molecule has 1 aromatic heterocycles. The molecule has 3 rings (SSSR count). The molecule has 23 heavy (non-hydrogen) atoms. The predicted molar refractivity (Wildman–Crippen MR) is 89.8 cm³/mol. The van der Waals surface area contributed by atoms with Gasteiger partial charge in [0, 0.05) is 32.7 Å². The van der Waals surface area contributed by atoms with E-state index in [4.69, 9.17) is 0 Å². The smallest absolute Gasteiger partial charge is 0.230 e. The van der Waals surface area contributed by atoms with Crippen LogP contribution in [0.3, 0.4) is 0 Å². The zero-order valence-electron chi connectivity index (χ0n) is 14.0. The fraction of sp³-hybridized carbons (Fsp3) is 0.444. The molecule has 0 fully saturated rings. The minimum Gasteiger partial charge on any atom is -0.353 e. The molecule has 0 saturated carbocycles. The van der Waals surface area contributed by atoms with Crippen molar-refractivity contribution in [3.05, 3.63) is 53.6 Å². The summed E-state index contributed by atoms with van der Waals surface area (Å²) in [7, 11) is 1.97. The molecule has 2 heterocycles. The lowest BCUT2D eigenvalue weighted by atomic mass is 9.96. The Bertz CT molecular complexity index is 678. The molecule has 0 aliphatic carbocycles. The molecule has 0 spiro atoms. The first-order valence-electron chi connectivity index (χ1n) is 8.11. The van der Waals surface area contributed by atoms with Gasteiger partial charge in [-0.15, -0.1) is 0 Å². The number of nitrogens with zero attached hydrogens (tertiary/aromatic N) is 3. The number of hydrogen-bond acceptors (Lipinski definition) is 3. The number of fused-ring (bicyclic) bond motifs is 1. The molecule has 0 saturated heterocycles. The van der Waals surface area contributed by atoms with Crippen molar-refractivity contribution in [3.8, 4) is 0 Å². The fourth-order valence-electron chi connectivity index (χ4n) is 3.23. The first-order chi connectivity index (χ1) is 11.0. The molecule has 5 heteroatoms. The van der Waals surface area contributed by atoms with E-state index in [1.807, 2.05) is 37.9 Å². The predicted octanol–water partition coefficient (Wildman–Crippen LogP) is 2.04. The van der Waals surface area contributed by atoms with Crippen molar-refractivity contribution in [3.63, 3.8) is 0 Å². The fourth-order valence-corrected chi connectivity index (χ4v) is 3.23. The van der Waals surface area contributed by atoms with Crippen LogP contribution in [0, 0.1) is 0 Å². The Balaban J connectivity index is 1.83. The molecule has 1 amide bonds. The number of aromatic nitrogens is 2. The molecule has 1 unspecified atom stereocenters. The van der Waals surface area contributed by atoms with Gasteiger partial charge in [-0.1, -0.05) is 30.3 Å². The Morgan fingerprint density at radius 3 is 2.78 bits per heavy atom. The van der Waals surface area contributed by atoms with Gasteiger partial charge in [-0.2, -0.15) is 0 Å². The standard InChI is InChI=1S/C18H24N4O/c1-13(2)20-18(23)15-10-22(9-14-7-5-4-6-8-14)11-16-17(15)21(3)12-19-16/h4-8,12-13,15H,9-11H2,1-3H3,(H,20,23). The molecule has 0 radical (unpaired) electrons. The van der Waals surface area contributed by atoms with Gasteiger partial charge in [-0.25, -0.2) is 4.98 Å². The summed E-state index contributed by atoms with van der Waals surface area (Å²) in [5.74, 6) is -0.0834. The van der Waals surface area contributed by atoms with E-state index in [0.29, 0.717) is 0 Å². The summed E-state index contributed by atoms with van der Waals surface area (Å²) < 4.78 is 1.99. The monoisotopic (exact) mass is 312 g/mol. The average molecular weight is 312 g/mol. The number of imidazole rings is 1. The minimum atomic E-state index is -0.169. The highest BCUT2D eigenvalue weighted by Gasteiger charge is 2.33. The molecule has 1 aliphatic heterocycles. The number of carbonyl (C=O) groups excluding carboxylic acids is 1. The van der Waals surface area contributed by atoms with Crippen LogP contribution in [0.1, 0.15) is 36.7 Å². The van der Waals surface area contributed by atoms with E-state index in [2.05, 4.69) is 39.5 Å². The van der Waals surface area contributed by atoms with Gasteiger partial charge in [-0.3, -0.25) is 9.69 Å². The number of aryl methyl sites for hydroxylation is 1. The molecular weight excluding hydrogens is 288 g/mol. The highest BCUT2D eigenvalue weighted by molar-refractivity contribution is 5.84. The van der Waals surface area contributed by atoms with Crippen molar-refractivity contribution in [2.45, 2.75) is 38.9 Å². The third-order valence-corrected chi connectivity index (χ3v) is 4.20. The number of benzene rings is 1. The van der Waals surface area contributed by atoms with Gasteiger partial charge in [0.15, 0.2) is 0 Å². The zero-order chi connectivity index (χ0) is 16.4. The zero-order valence-corrected chi connectivity index (χ0v) is 14.0. The van der Waals surface area contributed by atoms with Gasteiger partial charge < -0.3 is 9.88 Å². The topological polar surface area (TPSA) is 50.2 Å². The second kappa shape index (κ2) is 6.54. The van der Waals surface area contributed by atoms with Crippen LogP contribution in [0.5, 0.6) is 0 Å². The second-order valence-corrected chi connectivity index (χ2v) is 6.56. The first kappa shape index (κ1) is 15.7. The highest BCUT2D eigenvalue weighted by atomic mass is 16.2. The summed E-state index contributed by atoms with van der Waals surface area (Å²) in [6, 6.07) is 10.5. The maximum absolute atomic E-state index is 12.6. The molecule has 122 valence electrons. The Morgan fingerprint density at radius 2 is 2.09 bits per heavy atom. The summed E-state index contributed by atoms with van der Waals surface area (Å²) in [6.45, 7) is 6.33. The maximum atomic E-state index is 12.6. The van der Waals surface area contributed by atoms with Crippen LogP contribution in [-0.4, -0.2) is 32.9 Å². The van der Waals surface area contributed by atoms with Crippen molar-refractivity contribution in [1.29, 1.82) is 0 Å². The lowest BCUT2D eigenvalue weighted by Gasteiger charge is -2.32. The molecule has 1 N–H and O–H groups in total. The Hall–Kier alpha value is -2.14. The lowest BCUT2D eigenvalue weighted by Crippen LogP contribution is -2.43. The average Bonchev–Trinajstić information content (AvgIpc) is 2.88. The van der Waals surface area contributed by atoms with Crippen LogP contribution in [0.15, 0.2) is 36.7 Å². The summed E-state index contributed by atoms with van der Waals surface area (Å²) in [5.41, 5.74) is 3.32. The number of rotatable bonds is 4. The van der Waals surface area contributed by atoms with Crippen molar-refractivity contribution in [2.24, 2.45) is 7.05 Å². The van der Waals surface area contributed by atoms with E-state index in [-0.39, 0.29) is 17.9 Å². The van der Waals surface area contributed by atoms with Crippen molar-refractivity contribution < 1.29 is 4.79 Å². The number of nitrogens with one attached hydrogen (secondary N) is 1. The molecule has 0 bridgehead atoms. The van der Waals surface area contributed by atoms with E-state index >= 15 is 0 Å². The van der Waals surface area contributed by atoms with Crippen LogP contribution in [0.2, 0.25) is 0 Å². The summed E-state index contributed by atoms with van der Waals surface area (Å²) in [6.07, 6.45) is 1.81. The first-order valence-corrected chi connectivity index (χ1v) is 8.11. The van der Waals surface area contributed by atoms with E-state index in [1.165, 1.54) is 5.56 Å². The SMILES string of the molecule is CC(C)NC(=O)C1CN(Cc2ccccc2)Cc2ncn(C)c21. The van der Waals surface area contributed by atoms with Gasteiger partial charge in [-0.05, 0) is 19.4 Å². The van der Waals surface area contributed by atoms with Gasteiger partial charge in [0.2, 0.25) is 5.91 Å². The Labute approximate surface area is 137 Å².